The highest BCUT2D eigenvalue weighted by Gasteiger charge is 2.21. The Bertz CT molecular complexity index is 873. The molecule has 2 aromatic carbocycles. The van der Waals surface area contributed by atoms with Gasteiger partial charge in [0, 0.05) is 13.6 Å². The first-order chi connectivity index (χ1) is 10.6. The zero-order valence-electron chi connectivity index (χ0n) is 12.2. The lowest BCUT2D eigenvalue weighted by atomic mass is 10.2. The first-order valence-electron chi connectivity index (χ1n) is 7.01. The van der Waals surface area contributed by atoms with Gasteiger partial charge in [0.1, 0.15) is 0 Å². The number of fused-ring (bicyclic) bond motifs is 1. The molecule has 1 N–H and O–H groups in total. The molecule has 0 aliphatic rings. The van der Waals surface area contributed by atoms with Crippen molar-refractivity contribution in [2.24, 2.45) is 0 Å². The first kappa shape index (κ1) is 14.7. The fourth-order valence-corrected chi connectivity index (χ4v) is 3.50. The van der Waals surface area contributed by atoms with Gasteiger partial charge in [0.2, 0.25) is 10.0 Å². The van der Waals surface area contributed by atoms with Crippen LogP contribution in [0.2, 0.25) is 0 Å². The lowest BCUT2D eigenvalue weighted by Crippen LogP contribution is -2.29. The number of nitrogens with zero attached hydrogens (tertiary/aromatic N) is 2. The second-order valence-corrected chi connectivity index (χ2v) is 7.19. The summed E-state index contributed by atoms with van der Waals surface area (Å²) in [6, 6.07) is 14.8. The Morgan fingerprint density at radius 2 is 1.91 bits per heavy atom. The van der Waals surface area contributed by atoms with Gasteiger partial charge in [-0.1, -0.05) is 30.3 Å². The summed E-state index contributed by atoms with van der Waals surface area (Å²) in [5, 5.41) is 0. The highest BCUT2D eigenvalue weighted by Crippen LogP contribution is 2.19. The summed E-state index contributed by atoms with van der Waals surface area (Å²) in [6.07, 6.45) is 2.24. The topological polar surface area (TPSA) is 66.1 Å². The van der Waals surface area contributed by atoms with Gasteiger partial charge >= 0.3 is 0 Å². The molecule has 0 saturated carbocycles. The van der Waals surface area contributed by atoms with E-state index in [0.29, 0.717) is 13.0 Å². The summed E-state index contributed by atoms with van der Waals surface area (Å²) in [7, 11) is -1.89. The number of hydrogen-bond donors (Lipinski definition) is 1. The van der Waals surface area contributed by atoms with E-state index in [1.54, 1.807) is 31.6 Å². The minimum absolute atomic E-state index is 0.278. The van der Waals surface area contributed by atoms with Crippen molar-refractivity contribution in [1.29, 1.82) is 0 Å². The van der Waals surface area contributed by atoms with Gasteiger partial charge in [-0.25, -0.2) is 17.7 Å². The zero-order valence-corrected chi connectivity index (χ0v) is 13.0. The molecular formula is C16H17N3O2S. The third-order valence-electron chi connectivity index (χ3n) is 3.66. The largest absolute Gasteiger partial charge is 0.345 e. The molecular weight excluding hydrogens is 298 g/mol. The number of aromatic nitrogens is 2. The van der Waals surface area contributed by atoms with E-state index in [0.717, 1.165) is 16.6 Å². The van der Waals surface area contributed by atoms with Crippen LogP contribution in [0.25, 0.3) is 11.0 Å². The molecule has 1 heterocycles. The third kappa shape index (κ3) is 2.88. The average Bonchev–Trinajstić information content (AvgIpc) is 3.01. The van der Waals surface area contributed by atoms with Gasteiger partial charge in [0.25, 0.3) is 0 Å². The van der Waals surface area contributed by atoms with Crippen LogP contribution in [-0.4, -0.2) is 36.3 Å². The van der Waals surface area contributed by atoms with Gasteiger partial charge < -0.3 is 4.98 Å². The second-order valence-electron chi connectivity index (χ2n) is 5.14. The molecule has 22 heavy (non-hydrogen) atoms. The minimum Gasteiger partial charge on any atom is -0.345 e. The van der Waals surface area contributed by atoms with Gasteiger partial charge in [-0.2, -0.15) is 0 Å². The molecule has 0 spiro atoms. The Morgan fingerprint density at radius 3 is 2.68 bits per heavy atom. The van der Waals surface area contributed by atoms with Crippen molar-refractivity contribution in [3.05, 3.63) is 60.4 Å². The molecule has 3 aromatic rings. The smallest absolute Gasteiger partial charge is 0.242 e. The van der Waals surface area contributed by atoms with Crippen LogP contribution < -0.4 is 0 Å². The van der Waals surface area contributed by atoms with E-state index >= 15 is 0 Å². The lowest BCUT2D eigenvalue weighted by Gasteiger charge is -2.17. The van der Waals surface area contributed by atoms with Crippen molar-refractivity contribution in [3.8, 4) is 0 Å². The van der Waals surface area contributed by atoms with Crippen LogP contribution in [0.15, 0.2) is 59.8 Å². The molecule has 0 amide bonds. The summed E-state index contributed by atoms with van der Waals surface area (Å²) < 4.78 is 26.6. The fourth-order valence-electron chi connectivity index (χ4n) is 2.31. The third-order valence-corrected chi connectivity index (χ3v) is 5.51. The molecule has 0 radical (unpaired) electrons. The number of H-pyrrole nitrogens is 1. The molecule has 114 valence electrons. The first-order valence-corrected chi connectivity index (χ1v) is 8.45. The van der Waals surface area contributed by atoms with Gasteiger partial charge in [-0.15, -0.1) is 0 Å². The average molecular weight is 315 g/mol. The van der Waals surface area contributed by atoms with E-state index in [9.17, 15) is 8.42 Å². The van der Waals surface area contributed by atoms with Gasteiger partial charge in [0.05, 0.1) is 22.3 Å². The molecule has 0 aliphatic carbocycles. The zero-order chi connectivity index (χ0) is 15.6. The Hall–Kier alpha value is -2.18. The maximum Gasteiger partial charge on any atom is 0.242 e. The predicted octanol–water partition coefficient (Wildman–Crippen LogP) is 2.43. The van der Waals surface area contributed by atoms with E-state index in [4.69, 9.17) is 0 Å². The van der Waals surface area contributed by atoms with Crippen LogP contribution >= 0.6 is 0 Å². The normalized spacial score (nSPS) is 12.1. The molecule has 0 unspecified atom stereocenters. The molecule has 0 saturated heterocycles. The van der Waals surface area contributed by atoms with Crippen molar-refractivity contribution < 1.29 is 8.42 Å². The molecule has 6 heteroatoms. The van der Waals surface area contributed by atoms with E-state index in [2.05, 4.69) is 9.97 Å². The van der Waals surface area contributed by atoms with Gasteiger partial charge in [-0.05, 0) is 30.2 Å². The molecule has 0 atom stereocenters. The molecule has 3 rings (SSSR count). The Balaban J connectivity index is 1.79. The highest BCUT2D eigenvalue weighted by atomic mass is 32.2. The van der Waals surface area contributed by atoms with Crippen LogP contribution in [0.5, 0.6) is 0 Å². The van der Waals surface area contributed by atoms with Crippen LogP contribution in [-0.2, 0) is 16.4 Å². The van der Waals surface area contributed by atoms with E-state index in [1.807, 2.05) is 30.3 Å². The summed E-state index contributed by atoms with van der Waals surface area (Å²) in [5.41, 5.74) is 2.59. The Labute approximate surface area is 129 Å². The summed E-state index contributed by atoms with van der Waals surface area (Å²) >= 11 is 0. The minimum atomic E-state index is -3.49. The number of sulfonamides is 1. The van der Waals surface area contributed by atoms with Crippen molar-refractivity contribution in [3.63, 3.8) is 0 Å². The second kappa shape index (κ2) is 5.90. The van der Waals surface area contributed by atoms with Gasteiger partial charge in [-0.3, -0.25) is 0 Å². The number of imidazole rings is 1. The van der Waals surface area contributed by atoms with Gasteiger partial charge in [0.15, 0.2) is 0 Å². The predicted molar refractivity (Wildman–Crippen MR) is 86.1 cm³/mol. The summed E-state index contributed by atoms with van der Waals surface area (Å²) in [5.74, 6) is 0. The maximum absolute atomic E-state index is 12.6. The number of hydrogen-bond acceptors (Lipinski definition) is 3. The SMILES string of the molecule is CN(CCc1ccccc1)S(=O)(=O)c1ccc2nc[nH]c2c1. The number of likely N-dealkylation sites (N-methyl/N-ethyl adjacent to an activating group) is 1. The number of aromatic amines is 1. The van der Waals surface area contributed by atoms with Crippen LogP contribution in [0.4, 0.5) is 0 Å². The molecule has 5 nitrogen and oxygen atoms in total. The molecule has 0 fully saturated rings. The maximum atomic E-state index is 12.6. The Morgan fingerprint density at radius 1 is 1.14 bits per heavy atom. The number of nitrogens with one attached hydrogen (secondary N) is 1. The quantitative estimate of drug-likeness (QED) is 0.786. The number of benzene rings is 2. The van der Waals surface area contributed by atoms with Crippen molar-refractivity contribution in [2.75, 3.05) is 13.6 Å². The van der Waals surface area contributed by atoms with Crippen LogP contribution in [0, 0.1) is 0 Å². The van der Waals surface area contributed by atoms with Crippen molar-refractivity contribution in [1.82, 2.24) is 14.3 Å². The monoisotopic (exact) mass is 315 g/mol. The van der Waals surface area contributed by atoms with Crippen molar-refractivity contribution >= 4 is 21.1 Å². The highest BCUT2D eigenvalue weighted by molar-refractivity contribution is 7.89. The van der Waals surface area contributed by atoms with E-state index in [1.165, 1.54) is 4.31 Å². The molecule has 0 aliphatic heterocycles. The lowest BCUT2D eigenvalue weighted by molar-refractivity contribution is 0.472. The van der Waals surface area contributed by atoms with Crippen LogP contribution in [0.3, 0.4) is 0 Å². The Kier molecular flexibility index (Phi) is 3.96. The van der Waals surface area contributed by atoms with E-state index in [-0.39, 0.29) is 4.90 Å². The fraction of sp³-hybridized carbons (Fsp3) is 0.188. The summed E-state index contributed by atoms with van der Waals surface area (Å²) in [4.78, 5) is 7.31. The number of rotatable bonds is 5. The van der Waals surface area contributed by atoms with E-state index < -0.39 is 10.0 Å². The molecule has 1 aromatic heterocycles. The summed E-state index contributed by atoms with van der Waals surface area (Å²) in [6.45, 7) is 0.438. The molecule has 0 bridgehead atoms. The standard InChI is InChI=1S/C16H17N3O2S/c1-19(10-9-13-5-3-2-4-6-13)22(20,21)14-7-8-15-16(11-14)18-12-17-15/h2-8,11-12H,9-10H2,1H3,(H,17,18). The van der Waals surface area contributed by atoms with Crippen LogP contribution in [0.1, 0.15) is 5.56 Å². The van der Waals surface area contributed by atoms with Crippen molar-refractivity contribution in [2.45, 2.75) is 11.3 Å².